The smallest absolute Gasteiger partial charge is 0.319 e. The van der Waals surface area contributed by atoms with E-state index in [1.807, 2.05) is 19.1 Å². The Morgan fingerprint density at radius 2 is 1.64 bits per heavy atom. The molecule has 1 fully saturated rings. The largest absolute Gasteiger partial charge is 0.338 e. The molecule has 0 saturated carbocycles. The van der Waals surface area contributed by atoms with E-state index in [-0.39, 0.29) is 24.0 Å². The van der Waals surface area contributed by atoms with Gasteiger partial charge >= 0.3 is 12.1 Å². The van der Waals surface area contributed by atoms with Crippen molar-refractivity contribution < 1.29 is 9.59 Å². The van der Waals surface area contributed by atoms with Gasteiger partial charge in [0.25, 0.3) is 0 Å². The first kappa shape index (κ1) is 28.7. The van der Waals surface area contributed by atoms with E-state index in [4.69, 9.17) is 46.4 Å². The highest BCUT2D eigenvalue weighted by Crippen LogP contribution is 2.29. The molecule has 1 saturated heterocycles. The maximum absolute atomic E-state index is 12.6. The fraction of sp³-hybridized carbons (Fsp3) is 0.440. The average Bonchev–Trinajstić information content (AvgIpc) is 2.81. The molecule has 36 heavy (non-hydrogen) atoms. The Kier molecular flexibility index (Phi) is 11.3. The molecule has 1 aliphatic heterocycles. The summed E-state index contributed by atoms with van der Waals surface area (Å²) < 4.78 is 0. The molecule has 7 nitrogen and oxygen atoms in total. The zero-order valence-electron chi connectivity index (χ0n) is 20.1. The number of piperidine rings is 1. The van der Waals surface area contributed by atoms with Crippen LogP contribution in [0.4, 0.5) is 15.3 Å². The van der Waals surface area contributed by atoms with Crippen LogP contribution in [-0.2, 0) is 0 Å². The molecule has 4 N–H and O–H groups in total. The quantitative estimate of drug-likeness (QED) is 0.280. The minimum Gasteiger partial charge on any atom is -0.338 e. The second kappa shape index (κ2) is 14.1. The SMILES string of the molecule is CCNC(=O)NC1CCN(CCC(CNC(=O)Nc2cc(Cl)cc(Cl)c2)c2ccc(Cl)c(Cl)c2)CC1. The van der Waals surface area contributed by atoms with E-state index in [9.17, 15) is 9.59 Å². The molecule has 2 aromatic carbocycles. The molecule has 0 aliphatic carbocycles. The molecule has 3 rings (SSSR count). The summed E-state index contributed by atoms with van der Waals surface area (Å²) in [5, 5.41) is 13.4. The Labute approximate surface area is 232 Å². The first-order valence-electron chi connectivity index (χ1n) is 12.0. The molecule has 1 aliphatic rings. The molecule has 1 heterocycles. The fourth-order valence-electron chi connectivity index (χ4n) is 4.21. The average molecular weight is 575 g/mol. The number of nitrogens with one attached hydrogen (secondary N) is 4. The van der Waals surface area contributed by atoms with Gasteiger partial charge in [0.2, 0.25) is 0 Å². The number of carbonyl (C=O) groups excluding carboxylic acids is 2. The van der Waals surface area contributed by atoms with Gasteiger partial charge in [-0.15, -0.1) is 0 Å². The molecule has 0 radical (unpaired) electrons. The van der Waals surface area contributed by atoms with Gasteiger partial charge in [0.15, 0.2) is 0 Å². The zero-order valence-corrected chi connectivity index (χ0v) is 23.1. The molecular formula is C25H31Cl4N5O2. The van der Waals surface area contributed by atoms with Gasteiger partial charge in [0.05, 0.1) is 10.0 Å². The number of amides is 4. The summed E-state index contributed by atoms with van der Waals surface area (Å²) in [6.45, 7) is 5.57. The van der Waals surface area contributed by atoms with E-state index in [1.54, 1.807) is 24.3 Å². The predicted molar refractivity (Wildman–Crippen MR) is 149 cm³/mol. The number of urea groups is 2. The summed E-state index contributed by atoms with van der Waals surface area (Å²) in [4.78, 5) is 26.7. The van der Waals surface area contributed by atoms with Crippen LogP contribution >= 0.6 is 46.4 Å². The standard InChI is InChI=1S/C25H31Cl4N5O2/c1-2-30-24(35)32-20-6-9-34(10-7-20)8-5-17(16-3-4-22(28)23(29)11-16)15-31-25(36)33-21-13-18(26)12-19(27)14-21/h3-4,11-14,17,20H,2,5-10,15H2,1H3,(H2,30,32,35)(H2,31,33,36). The summed E-state index contributed by atoms with van der Waals surface area (Å²) in [5.41, 5.74) is 1.52. The highest BCUT2D eigenvalue weighted by atomic mass is 35.5. The number of anilines is 1. The Hall–Kier alpha value is -1.90. The number of hydrogen-bond acceptors (Lipinski definition) is 3. The summed E-state index contributed by atoms with van der Waals surface area (Å²) in [6, 6.07) is 10.2. The zero-order chi connectivity index (χ0) is 26.1. The first-order chi connectivity index (χ1) is 17.2. The molecule has 1 atom stereocenters. The van der Waals surface area contributed by atoms with Crippen LogP contribution in [-0.4, -0.2) is 55.7 Å². The third-order valence-electron chi connectivity index (χ3n) is 6.10. The Balaban J connectivity index is 1.56. The molecule has 4 amide bonds. The number of benzene rings is 2. The lowest BCUT2D eigenvalue weighted by atomic mass is 9.94. The number of nitrogens with zero attached hydrogens (tertiary/aromatic N) is 1. The molecule has 0 spiro atoms. The summed E-state index contributed by atoms with van der Waals surface area (Å²) >= 11 is 24.4. The van der Waals surface area contributed by atoms with Crippen molar-refractivity contribution in [3.05, 3.63) is 62.1 Å². The lowest BCUT2D eigenvalue weighted by Gasteiger charge is -2.33. The van der Waals surface area contributed by atoms with E-state index in [1.165, 1.54) is 0 Å². The van der Waals surface area contributed by atoms with Gasteiger partial charge in [0, 0.05) is 53.9 Å². The minimum absolute atomic E-state index is 0.0275. The third-order valence-corrected chi connectivity index (χ3v) is 7.27. The van der Waals surface area contributed by atoms with Gasteiger partial charge in [-0.3, -0.25) is 0 Å². The maximum atomic E-state index is 12.6. The van der Waals surface area contributed by atoms with Crippen LogP contribution in [0, 0.1) is 0 Å². The first-order valence-corrected chi connectivity index (χ1v) is 13.5. The third kappa shape index (κ3) is 9.20. The van der Waals surface area contributed by atoms with Gasteiger partial charge in [-0.25, -0.2) is 9.59 Å². The number of carbonyl (C=O) groups is 2. The van der Waals surface area contributed by atoms with Gasteiger partial charge in [-0.05, 0) is 68.6 Å². The topological polar surface area (TPSA) is 85.5 Å². The van der Waals surface area contributed by atoms with Crippen molar-refractivity contribution in [1.82, 2.24) is 20.9 Å². The van der Waals surface area contributed by atoms with Crippen LogP contribution in [0.3, 0.4) is 0 Å². The lowest BCUT2D eigenvalue weighted by molar-refractivity contribution is 0.187. The van der Waals surface area contributed by atoms with Crippen LogP contribution in [0.2, 0.25) is 20.1 Å². The van der Waals surface area contributed by atoms with Crippen LogP contribution in [0.1, 0.15) is 37.7 Å². The molecule has 1 unspecified atom stereocenters. The summed E-state index contributed by atoms with van der Waals surface area (Å²) in [7, 11) is 0. The van der Waals surface area contributed by atoms with E-state index >= 15 is 0 Å². The summed E-state index contributed by atoms with van der Waals surface area (Å²) in [6.07, 6.45) is 2.62. The van der Waals surface area contributed by atoms with Crippen molar-refractivity contribution in [2.24, 2.45) is 0 Å². The maximum Gasteiger partial charge on any atom is 0.319 e. The number of likely N-dealkylation sites (tertiary alicyclic amines) is 1. The van der Waals surface area contributed by atoms with Crippen molar-refractivity contribution in [3.63, 3.8) is 0 Å². The molecule has 2 aromatic rings. The molecule has 0 aromatic heterocycles. The highest BCUT2D eigenvalue weighted by molar-refractivity contribution is 6.42. The summed E-state index contributed by atoms with van der Waals surface area (Å²) in [5.74, 6) is 0.0275. The molecule has 11 heteroatoms. The van der Waals surface area contributed by atoms with E-state index in [0.29, 0.717) is 38.9 Å². The van der Waals surface area contributed by atoms with E-state index < -0.39 is 0 Å². The van der Waals surface area contributed by atoms with Crippen molar-refractivity contribution in [1.29, 1.82) is 0 Å². The van der Waals surface area contributed by atoms with Crippen LogP contribution in [0.5, 0.6) is 0 Å². The Bertz CT molecular complexity index is 1030. The van der Waals surface area contributed by atoms with E-state index in [0.717, 1.165) is 44.5 Å². The predicted octanol–water partition coefficient (Wildman–Crippen LogP) is 6.38. The molecule has 0 bridgehead atoms. The lowest BCUT2D eigenvalue weighted by Crippen LogP contribution is -2.48. The van der Waals surface area contributed by atoms with E-state index in [2.05, 4.69) is 26.2 Å². The molecular weight excluding hydrogens is 544 g/mol. The van der Waals surface area contributed by atoms with Crippen molar-refractivity contribution in [2.75, 3.05) is 38.0 Å². The molecule has 196 valence electrons. The second-order valence-electron chi connectivity index (χ2n) is 8.77. The van der Waals surface area contributed by atoms with Crippen LogP contribution in [0.15, 0.2) is 36.4 Å². The second-order valence-corrected chi connectivity index (χ2v) is 10.5. The van der Waals surface area contributed by atoms with Crippen molar-refractivity contribution >= 4 is 64.2 Å². The number of hydrogen-bond donors (Lipinski definition) is 4. The van der Waals surface area contributed by atoms with Crippen molar-refractivity contribution in [2.45, 2.75) is 38.1 Å². The van der Waals surface area contributed by atoms with Crippen LogP contribution < -0.4 is 21.3 Å². The van der Waals surface area contributed by atoms with Crippen molar-refractivity contribution in [3.8, 4) is 0 Å². The van der Waals surface area contributed by atoms with Crippen LogP contribution in [0.25, 0.3) is 0 Å². The normalized spacial score (nSPS) is 15.2. The highest BCUT2D eigenvalue weighted by Gasteiger charge is 2.22. The number of rotatable bonds is 9. The van der Waals surface area contributed by atoms with Gasteiger partial charge in [-0.2, -0.15) is 0 Å². The van der Waals surface area contributed by atoms with Gasteiger partial charge in [-0.1, -0.05) is 52.5 Å². The van der Waals surface area contributed by atoms with Gasteiger partial charge in [0.1, 0.15) is 0 Å². The Morgan fingerprint density at radius 1 is 0.944 bits per heavy atom. The Morgan fingerprint density at radius 3 is 2.28 bits per heavy atom. The monoisotopic (exact) mass is 573 g/mol. The number of halogens is 4. The van der Waals surface area contributed by atoms with Gasteiger partial charge < -0.3 is 26.2 Å². The fourth-order valence-corrected chi connectivity index (χ4v) is 5.04. The minimum atomic E-state index is -0.351.